The van der Waals surface area contributed by atoms with Gasteiger partial charge < -0.3 is 9.52 Å². The van der Waals surface area contributed by atoms with Crippen molar-refractivity contribution < 1.29 is 23.5 Å². The van der Waals surface area contributed by atoms with E-state index >= 15 is 0 Å². The maximum atomic E-state index is 13.8. The fraction of sp³-hybridized carbons (Fsp3) is 0.0476. The van der Waals surface area contributed by atoms with Crippen LogP contribution in [0.5, 0.6) is 0 Å². The van der Waals surface area contributed by atoms with E-state index in [1.54, 1.807) is 37.3 Å². The molecule has 0 bridgehead atoms. The lowest BCUT2D eigenvalue weighted by atomic mass is 10.0. The summed E-state index contributed by atoms with van der Waals surface area (Å²) in [5.41, 5.74) is 3.39. The first-order chi connectivity index (χ1) is 13.9. The van der Waals surface area contributed by atoms with Crippen LogP contribution >= 0.6 is 0 Å². The number of nitrogens with one attached hydrogen (secondary N) is 1. The van der Waals surface area contributed by atoms with Crippen LogP contribution in [-0.2, 0) is 0 Å². The molecule has 8 heteroatoms. The van der Waals surface area contributed by atoms with Crippen LogP contribution in [0.1, 0.15) is 37.6 Å². The zero-order valence-electron chi connectivity index (χ0n) is 15.1. The van der Waals surface area contributed by atoms with Crippen molar-refractivity contribution in [3.8, 4) is 17.4 Å². The Morgan fingerprint density at radius 3 is 2.69 bits per heavy atom. The highest BCUT2D eigenvalue weighted by atomic mass is 19.1. The highest BCUT2D eigenvalue weighted by Gasteiger charge is 2.14. The Morgan fingerprint density at radius 1 is 1.21 bits per heavy atom. The highest BCUT2D eigenvalue weighted by Crippen LogP contribution is 2.27. The minimum Gasteiger partial charge on any atom is -0.478 e. The molecule has 0 spiro atoms. The second-order valence-corrected chi connectivity index (χ2v) is 5.99. The predicted octanol–water partition coefficient (Wildman–Crippen LogP) is 3.73. The number of carboxylic acid groups (broad SMARTS) is 1. The second-order valence-electron chi connectivity index (χ2n) is 5.99. The van der Waals surface area contributed by atoms with Crippen LogP contribution in [0.15, 0.2) is 58.0 Å². The van der Waals surface area contributed by atoms with Crippen molar-refractivity contribution in [2.75, 3.05) is 0 Å². The van der Waals surface area contributed by atoms with Gasteiger partial charge >= 0.3 is 5.97 Å². The summed E-state index contributed by atoms with van der Waals surface area (Å²) in [6, 6.07) is 13.4. The first-order valence-electron chi connectivity index (χ1n) is 8.37. The number of aromatic carboxylic acids is 1. The largest absolute Gasteiger partial charge is 0.478 e. The number of hydrazone groups is 1. The molecular formula is C21H14FN3O4. The normalized spacial score (nSPS) is 10.7. The Balaban J connectivity index is 1.73. The van der Waals surface area contributed by atoms with Gasteiger partial charge in [0.25, 0.3) is 5.91 Å². The van der Waals surface area contributed by atoms with Crippen molar-refractivity contribution in [3.63, 3.8) is 0 Å². The van der Waals surface area contributed by atoms with E-state index in [9.17, 15) is 19.1 Å². The van der Waals surface area contributed by atoms with Gasteiger partial charge in [-0.15, -0.1) is 0 Å². The number of carboxylic acids is 1. The van der Waals surface area contributed by atoms with E-state index in [2.05, 4.69) is 10.5 Å². The third-order valence-electron chi connectivity index (χ3n) is 4.16. The Kier molecular flexibility index (Phi) is 5.51. The molecule has 0 saturated heterocycles. The zero-order chi connectivity index (χ0) is 21.0. The van der Waals surface area contributed by atoms with E-state index in [1.807, 2.05) is 0 Å². The quantitative estimate of drug-likeness (QED) is 0.508. The summed E-state index contributed by atoms with van der Waals surface area (Å²) in [4.78, 5) is 23.3. The monoisotopic (exact) mass is 391 g/mol. The second kappa shape index (κ2) is 8.19. The molecule has 3 rings (SSSR count). The summed E-state index contributed by atoms with van der Waals surface area (Å²) < 4.78 is 19.5. The van der Waals surface area contributed by atoms with Crippen molar-refractivity contribution in [2.45, 2.75) is 6.92 Å². The number of nitrogens with zero attached hydrogens (tertiary/aromatic N) is 2. The molecule has 3 aromatic rings. The lowest BCUT2D eigenvalue weighted by Gasteiger charge is -2.05. The first kappa shape index (κ1) is 19.5. The van der Waals surface area contributed by atoms with Crippen LogP contribution in [-0.4, -0.2) is 23.2 Å². The van der Waals surface area contributed by atoms with Crippen molar-refractivity contribution >= 4 is 18.1 Å². The van der Waals surface area contributed by atoms with Crippen LogP contribution < -0.4 is 5.43 Å². The molecule has 29 heavy (non-hydrogen) atoms. The summed E-state index contributed by atoms with van der Waals surface area (Å²) in [6.45, 7) is 1.68. The summed E-state index contributed by atoms with van der Waals surface area (Å²) in [5.74, 6) is -1.89. The molecule has 0 aliphatic heterocycles. The number of amides is 1. The van der Waals surface area contributed by atoms with E-state index in [1.165, 1.54) is 24.4 Å². The van der Waals surface area contributed by atoms with Gasteiger partial charge in [-0.3, -0.25) is 4.79 Å². The molecule has 0 atom stereocenters. The number of carbonyl (C=O) groups excluding carboxylic acids is 1. The average Bonchev–Trinajstić information content (AvgIpc) is 3.16. The maximum Gasteiger partial charge on any atom is 0.335 e. The Labute approximate surface area is 164 Å². The molecule has 0 aliphatic rings. The summed E-state index contributed by atoms with van der Waals surface area (Å²) in [5, 5.41) is 21.7. The molecule has 0 unspecified atom stereocenters. The number of benzene rings is 2. The minimum atomic E-state index is -1.03. The van der Waals surface area contributed by atoms with Crippen molar-refractivity contribution in [1.29, 1.82) is 5.26 Å². The van der Waals surface area contributed by atoms with E-state index in [0.29, 0.717) is 22.6 Å². The number of hydrogen-bond donors (Lipinski definition) is 2. The molecule has 0 aliphatic carbocycles. The van der Waals surface area contributed by atoms with Crippen molar-refractivity contribution in [3.05, 3.63) is 82.4 Å². The minimum absolute atomic E-state index is 0.105. The first-order valence-corrected chi connectivity index (χ1v) is 8.37. The van der Waals surface area contributed by atoms with Gasteiger partial charge in [-0.1, -0.05) is 12.1 Å². The number of carbonyl (C=O) groups is 2. The molecule has 0 fully saturated rings. The molecule has 1 heterocycles. The van der Waals surface area contributed by atoms with Gasteiger partial charge in [-0.05, 0) is 48.9 Å². The van der Waals surface area contributed by atoms with E-state index < -0.39 is 17.7 Å². The molecular weight excluding hydrogens is 377 g/mol. The summed E-state index contributed by atoms with van der Waals surface area (Å²) >= 11 is 0. The fourth-order valence-electron chi connectivity index (χ4n) is 2.68. The molecule has 2 N–H and O–H groups in total. The van der Waals surface area contributed by atoms with Gasteiger partial charge in [0.2, 0.25) is 0 Å². The fourth-order valence-corrected chi connectivity index (χ4v) is 2.68. The number of rotatable bonds is 5. The van der Waals surface area contributed by atoms with E-state index in [4.69, 9.17) is 9.68 Å². The lowest BCUT2D eigenvalue weighted by Crippen LogP contribution is -2.19. The standard InChI is InChI=1S/C21H14FN3O4/c1-12-15(3-2-4-16(12)21(27)28)19-8-6-14(29-19)11-24-25-20(26)17-7-5-13(10-23)9-18(17)22/h2-9,11H,1H3,(H,25,26)(H,27,28). The summed E-state index contributed by atoms with van der Waals surface area (Å²) in [7, 11) is 0. The van der Waals surface area contributed by atoms with Gasteiger partial charge in [0, 0.05) is 5.56 Å². The Hall–Kier alpha value is -4.25. The third kappa shape index (κ3) is 4.20. The van der Waals surface area contributed by atoms with Gasteiger partial charge in [0.15, 0.2) is 0 Å². The van der Waals surface area contributed by atoms with E-state index in [-0.39, 0.29) is 16.7 Å². The number of halogens is 1. The average molecular weight is 391 g/mol. The Bertz CT molecular complexity index is 1170. The number of hydrogen-bond acceptors (Lipinski definition) is 5. The zero-order valence-corrected chi connectivity index (χ0v) is 15.1. The lowest BCUT2D eigenvalue weighted by molar-refractivity contribution is 0.0696. The maximum absolute atomic E-state index is 13.8. The van der Waals surface area contributed by atoms with Crippen LogP contribution in [0.2, 0.25) is 0 Å². The van der Waals surface area contributed by atoms with Crippen molar-refractivity contribution in [2.24, 2.45) is 5.10 Å². The van der Waals surface area contributed by atoms with Gasteiger partial charge in [0.05, 0.1) is 29.0 Å². The molecule has 0 radical (unpaired) electrons. The smallest absolute Gasteiger partial charge is 0.335 e. The molecule has 1 aromatic heterocycles. The summed E-state index contributed by atoms with van der Waals surface area (Å²) in [6.07, 6.45) is 1.24. The molecule has 2 aromatic carbocycles. The molecule has 0 saturated carbocycles. The van der Waals surface area contributed by atoms with Gasteiger partial charge in [0.1, 0.15) is 17.3 Å². The van der Waals surface area contributed by atoms with Gasteiger partial charge in [-0.25, -0.2) is 14.6 Å². The van der Waals surface area contributed by atoms with Crippen LogP contribution in [0.4, 0.5) is 4.39 Å². The third-order valence-corrected chi connectivity index (χ3v) is 4.16. The van der Waals surface area contributed by atoms with Crippen LogP contribution in [0.3, 0.4) is 0 Å². The predicted molar refractivity (Wildman–Crippen MR) is 102 cm³/mol. The SMILES string of the molecule is Cc1c(C(=O)O)cccc1-c1ccc(C=NNC(=O)c2ccc(C#N)cc2F)o1. The van der Waals surface area contributed by atoms with Crippen LogP contribution in [0, 0.1) is 24.1 Å². The Morgan fingerprint density at radius 2 is 2.00 bits per heavy atom. The molecule has 144 valence electrons. The van der Waals surface area contributed by atoms with Gasteiger partial charge in [-0.2, -0.15) is 10.4 Å². The molecule has 7 nitrogen and oxygen atoms in total. The van der Waals surface area contributed by atoms with Crippen LogP contribution in [0.25, 0.3) is 11.3 Å². The van der Waals surface area contributed by atoms with Crippen molar-refractivity contribution in [1.82, 2.24) is 5.43 Å². The van der Waals surface area contributed by atoms with E-state index in [0.717, 1.165) is 6.07 Å². The number of nitriles is 1. The topological polar surface area (TPSA) is 116 Å². The highest BCUT2D eigenvalue weighted by molar-refractivity contribution is 5.95. The molecule has 1 amide bonds. The number of furan rings is 1.